The minimum atomic E-state index is -3.09. The van der Waals surface area contributed by atoms with E-state index in [0.717, 1.165) is 0 Å². The second kappa shape index (κ2) is 10.1. The van der Waals surface area contributed by atoms with Crippen LogP contribution in [0.1, 0.15) is 25.3 Å². The van der Waals surface area contributed by atoms with E-state index in [1.54, 1.807) is 43.2 Å². The van der Waals surface area contributed by atoms with Crippen LogP contribution in [0.4, 0.5) is 8.78 Å². The first kappa shape index (κ1) is 23.0. The van der Waals surface area contributed by atoms with E-state index < -0.39 is 24.5 Å². The number of nitrogens with zero attached hydrogens (tertiary/aromatic N) is 2. The van der Waals surface area contributed by atoms with Gasteiger partial charge in [0.15, 0.2) is 0 Å². The fourth-order valence-corrected chi connectivity index (χ4v) is 3.65. The van der Waals surface area contributed by atoms with Crippen LogP contribution in [0, 0.1) is 0 Å². The SMILES string of the molecule is CCOC(=O)C1=C(Cn2ccnc2)NC(C)=C(C(=O)OC)C1c1ccccc1OC(F)F. The van der Waals surface area contributed by atoms with Gasteiger partial charge in [0.25, 0.3) is 0 Å². The number of methoxy groups -OCH3 is 1. The normalized spacial score (nSPS) is 16.1. The molecule has 0 bridgehead atoms. The van der Waals surface area contributed by atoms with Gasteiger partial charge in [-0.2, -0.15) is 8.78 Å². The molecule has 0 saturated heterocycles. The van der Waals surface area contributed by atoms with E-state index in [9.17, 15) is 18.4 Å². The molecule has 10 heteroatoms. The maximum Gasteiger partial charge on any atom is 0.387 e. The van der Waals surface area contributed by atoms with Gasteiger partial charge >= 0.3 is 18.6 Å². The number of allylic oxidation sites excluding steroid dienone is 2. The lowest BCUT2D eigenvalue weighted by Crippen LogP contribution is -2.34. The lowest BCUT2D eigenvalue weighted by atomic mass is 9.79. The minimum absolute atomic E-state index is 0.0822. The van der Waals surface area contributed by atoms with Crippen LogP contribution in [0.25, 0.3) is 0 Å². The maximum absolute atomic E-state index is 13.1. The van der Waals surface area contributed by atoms with Gasteiger partial charge in [0.1, 0.15) is 5.75 Å². The first-order valence-corrected chi connectivity index (χ1v) is 9.83. The Bertz CT molecular complexity index is 1050. The molecular weight excluding hydrogens is 424 g/mol. The van der Waals surface area contributed by atoms with Gasteiger partial charge in [-0.25, -0.2) is 14.6 Å². The molecular formula is C22H23F2N3O5. The van der Waals surface area contributed by atoms with Crippen molar-refractivity contribution in [3.63, 3.8) is 0 Å². The highest BCUT2D eigenvalue weighted by Gasteiger charge is 2.40. The van der Waals surface area contributed by atoms with Gasteiger partial charge in [-0.15, -0.1) is 0 Å². The van der Waals surface area contributed by atoms with Gasteiger partial charge in [0.05, 0.1) is 43.7 Å². The van der Waals surface area contributed by atoms with Crippen molar-refractivity contribution in [3.8, 4) is 5.75 Å². The molecule has 0 saturated carbocycles. The Labute approximate surface area is 183 Å². The molecule has 2 aromatic rings. The summed E-state index contributed by atoms with van der Waals surface area (Å²) >= 11 is 0. The van der Waals surface area contributed by atoms with Crippen molar-refractivity contribution in [3.05, 3.63) is 71.1 Å². The largest absolute Gasteiger partial charge is 0.466 e. The molecule has 1 aliphatic heterocycles. The van der Waals surface area contributed by atoms with Crippen LogP contribution in [0.2, 0.25) is 0 Å². The molecule has 32 heavy (non-hydrogen) atoms. The Kier molecular flexibility index (Phi) is 7.24. The van der Waals surface area contributed by atoms with E-state index in [2.05, 4.69) is 10.3 Å². The number of alkyl halides is 2. The van der Waals surface area contributed by atoms with Crippen molar-refractivity contribution < 1.29 is 32.6 Å². The predicted molar refractivity (Wildman–Crippen MR) is 110 cm³/mol. The Morgan fingerprint density at radius 1 is 1.22 bits per heavy atom. The molecule has 0 amide bonds. The molecule has 1 aliphatic rings. The zero-order valence-electron chi connectivity index (χ0n) is 17.8. The van der Waals surface area contributed by atoms with Gasteiger partial charge in [0.2, 0.25) is 0 Å². The summed E-state index contributed by atoms with van der Waals surface area (Å²) in [6.45, 7) is 0.485. The molecule has 2 heterocycles. The maximum atomic E-state index is 13.1. The van der Waals surface area contributed by atoms with Crippen LogP contribution in [-0.4, -0.2) is 41.8 Å². The van der Waals surface area contributed by atoms with Crippen LogP contribution >= 0.6 is 0 Å². The minimum Gasteiger partial charge on any atom is -0.466 e. The van der Waals surface area contributed by atoms with Crippen LogP contribution in [0.5, 0.6) is 5.75 Å². The van der Waals surface area contributed by atoms with Crippen molar-refractivity contribution in [2.45, 2.75) is 32.9 Å². The lowest BCUT2D eigenvalue weighted by molar-refractivity contribution is -0.139. The van der Waals surface area contributed by atoms with Crippen molar-refractivity contribution >= 4 is 11.9 Å². The van der Waals surface area contributed by atoms with E-state index >= 15 is 0 Å². The summed E-state index contributed by atoms with van der Waals surface area (Å²) in [5.41, 5.74) is 1.24. The molecule has 1 aromatic heterocycles. The zero-order chi connectivity index (χ0) is 23.3. The quantitative estimate of drug-likeness (QED) is 0.622. The number of hydrogen-bond acceptors (Lipinski definition) is 7. The van der Waals surface area contributed by atoms with E-state index in [-0.39, 0.29) is 35.6 Å². The molecule has 1 atom stereocenters. The molecule has 0 spiro atoms. The summed E-state index contributed by atoms with van der Waals surface area (Å²) in [4.78, 5) is 29.9. The van der Waals surface area contributed by atoms with Crippen LogP contribution in [0.3, 0.4) is 0 Å². The summed E-state index contributed by atoms with van der Waals surface area (Å²) in [6, 6.07) is 6.01. The Hall–Kier alpha value is -3.69. The number of ether oxygens (including phenoxy) is 3. The Balaban J connectivity index is 2.26. The fraction of sp³-hybridized carbons (Fsp3) is 0.318. The van der Waals surface area contributed by atoms with Crippen LogP contribution in [-0.2, 0) is 25.6 Å². The van der Waals surface area contributed by atoms with Gasteiger partial charge in [-0.3, -0.25) is 0 Å². The van der Waals surface area contributed by atoms with Crippen molar-refractivity contribution in [2.24, 2.45) is 0 Å². The molecule has 0 fully saturated rings. The average molecular weight is 447 g/mol. The smallest absolute Gasteiger partial charge is 0.387 e. The molecule has 8 nitrogen and oxygen atoms in total. The molecule has 3 rings (SSSR count). The number of carbonyl (C=O) groups excluding carboxylic acids is 2. The van der Waals surface area contributed by atoms with Crippen molar-refractivity contribution in [1.82, 2.24) is 14.9 Å². The van der Waals surface area contributed by atoms with E-state index in [1.165, 1.54) is 25.3 Å². The number of aromatic nitrogens is 2. The topological polar surface area (TPSA) is 91.7 Å². The molecule has 1 N–H and O–H groups in total. The number of hydrogen-bond donors (Lipinski definition) is 1. The number of benzene rings is 1. The van der Waals surface area contributed by atoms with Gasteiger partial charge in [-0.05, 0) is 19.9 Å². The standard InChI is InChI=1S/C22H23F2N3O5/c1-4-31-21(29)19-15(11-27-10-9-25-12-27)26-13(2)17(20(28)30-3)18(19)14-7-5-6-8-16(14)32-22(23)24/h5-10,12,18,22,26H,4,11H2,1-3H3. The number of dihydropyridines is 1. The lowest BCUT2D eigenvalue weighted by Gasteiger charge is -2.32. The molecule has 170 valence electrons. The fourth-order valence-electron chi connectivity index (χ4n) is 3.65. The summed E-state index contributed by atoms with van der Waals surface area (Å²) in [5, 5.41) is 3.09. The van der Waals surface area contributed by atoms with Gasteiger partial charge in [0, 0.05) is 29.4 Å². The summed E-state index contributed by atoms with van der Waals surface area (Å²) < 4.78 is 42.9. The predicted octanol–water partition coefficient (Wildman–Crippen LogP) is 3.14. The van der Waals surface area contributed by atoms with E-state index in [0.29, 0.717) is 11.4 Å². The van der Waals surface area contributed by atoms with Crippen LogP contribution < -0.4 is 10.1 Å². The highest BCUT2D eigenvalue weighted by Crippen LogP contribution is 2.43. The van der Waals surface area contributed by atoms with Gasteiger partial charge in [-0.1, -0.05) is 18.2 Å². The second-order valence-electron chi connectivity index (χ2n) is 6.85. The van der Waals surface area contributed by atoms with Crippen molar-refractivity contribution in [1.29, 1.82) is 0 Å². The Morgan fingerprint density at radius 3 is 2.59 bits per heavy atom. The number of para-hydroxylation sites is 1. The third kappa shape index (κ3) is 4.79. The summed E-state index contributed by atoms with van der Waals surface area (Å²) in [6.07, 6.45) is 4.85. The first-order valence-electron chi connectivity index (χ1n) is 9.83. The van der Waals surface area contributed by atoms with E-state index in [4.69, 9.17) is 14.2 Å². The van der Waals surface area contributed by atoms with Crippen molar-refractivity contribution in [2.75, 3.05) is 13.7 Å². The third-order valence-electron chi connectivity index (χ3n) is 4.89. The molecule has 0 radical (unpaired) electrons. The zero-order valence-corrected chi connectivity index (χ0v) is 17.8. The number of halogens is 2. The second-order valence-corrected chi connectivity index (χ2v) is 6.85. The van der Waals surface area contributed by atoms with Gasteiger partial charge < -0.3 is 24.1 Å². The third-order valence-corrected chi connectivity index (χ3v) is 4.89. The van der Waals surface area contributed by atoms with E-state index in [1.807, 2.05) is 0 Å². The number of imidazole rings is 1. The number of esters is 2. The summed E-state index contributed by atoms with van der Waals surface area (Å²) in [5.74, 6) is -2.63. The molecule has 1 unspecified atom stereocenters. The Morgan fingerprint density at radius 2 is 1.97 bits per heavy atom. The number of carbonyl (C=O) groups is 2. The summed E-state index contributed by atoms with van der Waals surface area (Å²) in [7, 11) is 1.20. The highest BCUT2D eigenvalue weighted by atomic mass is 19.3. The monoisotopic (exact) mass is 447 g/mol. The molecule has 0 aliphatic carbocycles. The highest BCUT2D eigenvalue weighted by molar-refractivity contribution is 6.00. The average Bonchev–Trinajstić information content (AvgIpc) is 3.26. The molecule has 1 aromatic carbocycles. The number of nitrogens with one attached hydrogen (secondary N) is 1. The first-order chi connectivity index (χ1) is 15.4. The van der Waals surface area contributed by atoms with Crippen LogP contribution in [0.15, 0.2) is 65.5 Å². The number of rotatable bonds is 8.